The first-order chi connectivity index (χ1) is 12.3. The lowest BCUT2D eigenvalue weighted by atomic mass is 10.1. The SMILES string of the molecule is CCOc1ccc(CC(=O)NCc2nccnc2-c2ccsc2)cc1. The lowest BCUT2D eigenvalue weighted by Crippen LogP contribution is -2.25. The van der Waals surface area contributed by atoms with Crippen molar-refractivity contribution < 1.29 is 9.53 Å². The van der Waals surface area contributed by atoms with E-state index in [1.807, 2.05) is 48.0 Å². The third-order valence-electron chi connectivity index (χ3n) is 3.62. The summed E-state index contributed by atoms with van der Waals surface area (Å²) in [4.78, 5) is 21.0. The molecular weight excluding hydrogens is 334 g/mol. The van der Waals surface area contributed by atoms with Crippen LogP contribution in [0.3, 0.4) is 0 Å². The Bertz CT molecular complexity index is 817. The molecule has 25 heavy (non-hydrogen) atoms. The van der Waals surface area contributed by atoms with Crippen molar-refractivity contribution in [2.45, 2.75) is 19.9 Å². The molecule has 2 heterocycles. The second kappa shape index (κ2) is 8.39. The summed E-state index contributed by atoms with van der Waals surface area (Å²) < 4.78 is 5.40. The number of hydrogen-bond acceptors (Lipinski definition) is 5. The molecule has 6 heteroatoms. The Balaban J connectivity index is 1.59. The lowest BCUT2D eigenvalue weighted by Gasteiger charge is -2.09. The van der Waals surface area contributed by atoms with E-state index in [0.29, 0.717) is 19.6 Å². The van der Waals surface area contributed by atoms with Crippen LogP contribution in [0.25, 0.3) is 11.3 Å². The predicted octanol–water partition coefficient (Wildman–Crippen LogP) is 3.46. The molecule has 5 nitrogen and oxygen atoms in total. The first kappa shape index (κ1) is 17.1. The molecule has 0 fully saturated rings. The molecule has 0 saturated carbocycles. The van der Waals surface area contributed by atoms with Crippen LogP contribution in [-0.4, -0.2) is 22.5 Å². The molecule has 3 rings (SSSR count). The van der Waals surface area contributed by atoms with Gasteiger partial charge in [-0.1, -0.05) is 12.1 Å². The number of rotatable bonds is 7. The number of nitrogens with one attached hydrogen (secondary N) is 1. The zero-order valence-corrected chi connectivity index (χ0v) is 14.8. The summed E-state index contributed by atoms with van der Waals surface area (Å²) in [5.74, 6) is 0.762. The van der Waals surface area contributed by atoms with Gasteiger partial charge in [0.15, 0.2) is 0 Å². The van der Waals surface area contributed by atoms with Gasteiger partial charge >= 0.3 is 0 Å². The number of carbonyl (C=O) groups is 1. The van der Waals surface area contributed by atoms with Gasteiger partial charge in [0.05, 0.1) is 31.0 Å². The van der Waals surface area contributed by atoms with Gasteiger partial charge in [0.1, 0.15) is 5.75 Å². The quantitative estimate of drug-likeness (QED) is 0.706. The van der Waals surface area contributed by atoms with Crippen LogP contribution in [-0.2, 0) is 17.8 Å². The Morgan fingerprint density at radius 1 is 1.16 bits per heavy atom. The summed E-state index contributed by atoms with van der Waals surface area (Å²) in [5, 5.41) is 6.94. The molecule has 0 atom stereocenters. The van der Waals surface area contributed by atoms with E-state index < -0.39 is 0 Å². The number of hydrogen-bond donors (Lipinski definition) is 1. The van der Waals surface area contributed by atoms with Crippen LogP contribution in [0.2, 0.25) is 0 Å². The van der Waals surface area contributed by atoms with Gasteiger partial charge in [-0.05, 0) is 36.1 Å². The van der Waals surface area contributed by atoms with Crippen molar-refractivity contribution in [3.63, 3.8) is 0 Å². The van der Waals surface area contributed by atoms with E-state index >= 15 is 0 Å². The van der Waals surface area contributed by atoms with Crippen LogP contribution in [0, 0.1) is 0 Å². The minimum Gasteiger partial charge on any atom is -0.494 e. The molecule has 0 saturated heterocycles. The molecule has 0 spiro atoms. The zero-order valence-electron chi connectivity index (χ0n) is 13.9. The third kappa shape index (κ3) is 4.64. The van der Waals surface area contributed by atoms with Gasteiger partial charge in [0, 0.05) is 23.3 Å². The topological polar surface area (TPSA) is 64.1 Å². The smallest absolute Gasteiger partial charge is 0.224 e. The Morgan fingerprint density at radius 3 is 2.68 bits per heavy atom. The molecular formula is C19H19N3O2S. The van der Waals surface area contributed by atoms with Gasteiger partial charge in [0.2, 0.25) is 5.91 Å². The number of benzene rings is 1. The van der Waals surface area contributed by atoms with Gasteiger partial charge in [-0.2, -0.15) is 11.3 Å². The molecule has 3 aromatic rings. The highest BCUT2D eigenvalue weighted by atomic mass is 32.1. The van der Waals surface area contributed by atoms with Crippen molar-refractivity contribution in [1.29, 1.82) is 0 Å². The lowest BCUT2D eigenvalue weighted by molar-refractivity contribution is -0.120. The van der Waals surface area contributed by atoms with Crippen LogP contribution in [0.4, 0.5) is 0 Å². The number of aromatic nitrogens is 2. The van der Waals surface area contributed by atoms with Gasteiger partial charge in [-0.15, -0.1) is 0 Å². The maximum absolute atomic E-state index is 12.2. The average molecular weight is 353 g/mol. The largest absolute Gasteiger partial charge is 0.494 e. The molecule has 0 aliphatic carbocycles. The predicted molar refractivity (Wildman–Crippen MR) is 98.5 cm³/mol. The zero-order chi connectivity index (χ0) is 17.5. The Hall–Kier alpha value is -2.73. The van der Waals surface area contributed by atoms with Crippen LogP contribution >= 0.6 is 11.3 Å². The average Bonchev–Trinajstić information content (AvgIpc) is 3.17. The fourth-order valence-electron chi connectivity index (χ4n) is 2.44. The summed E-state index contributed by atoms with van der Waals surface area (Å²) in [6, 6.07) is 9.57. The minimum atomic E-state index is -0.0499. The van der Waals surface area contributed by atoms with Crippen LogP contribution in [0.1, 0.15) is 18.2 Å². The first-order valence-electron chi connectivity index (χ1n) is 8.07. The van der Waals surface area contributed by atoms with E-state index in [1.165, 1.54) is 0 Å². The van der Waals surface area contributed by atoms with Crippen molar-refractivity contribution in [1.82, 2.24) is 15.3 Å². The molecule has 0 aliphatic rings. The van der Waals surface area contributed by atoms with Gasteiger partial charge in [0.25, 0.3) is 0 Å². The van der Waals surface area contributed by atoms with E-state index in [0.717, 1.165) is 28.3 Å². The van der Waals surface area contributed by atoms with Crippen LogP contribution < -0.4 is 10.1 Å². The molecule has 1 N–H and O–H groups in total. The molecule has 0 aliphatic heterocycles. The second-order valence-corrected chi connectivity index (χ2v) is 6.17. The number of nitrogens with zero attached hydrogens (tertiary/aromatic N) is 2. The molecule has 1 amide bonds. The first-order valence-corrected chi connectivity index (χ1v) is 9.01. The maximum Gasteiger partial charge on any atom is 0.224 e. The van der Waals surface area contributed by atoms with E-state index in [4.69, 9.17) is 4.74 Å². The summed E-state index contributed by atoms with van der Waals surface area (Å²) >= 11 is 1.61. The fraction of sp³-hybridized carbons (Fsp3) is 0.211. The number of ether oxygens (including phenoxy) is 1. The number of carbonyl (C=O) groups excluding carboxylic acids is 1. The molecule has 128 valence electrons. The Labute approximate surface area is 150 Å². The second-order valence-electron chi connectivity index (χ2n) is 5.39. The van der Waals surface area contributed by atoms with Gasteiger partial charge in [-0.3, -0.25) is 14.8 Å². The monoisotopic (exact) mass is 353 g/mol. The van der Waals surface area contributed by atoms with E-state index in [1.54, 1.807) is 23.7 Å². The summed E-state index contributed by atoms with van der Waals surface area (Å²) in [6.07, 6.45) is 3.63. The van der Waals surface area contributed by atoms with Crippen LogP contribution in [0.5, 0.6) is 5.75 Å². The Morgan fingerprint density at radius 2 is 1.96 bits per heavy atom. The normalized spacial score (nSPS) is 10.4. The van der Waals surface area contributed by atoms with E-state index in [-0.39, 0.29) is 5.91 Å². The van der Waals surface area contributed by atoms with Crippen molar-refractivity contribution in [2.24, 2.45) is 0 Å². The standard InChI is InChI=1S/C19H19N3O2S/c1-2-24-16-5-3-14(4-6-16)11-18(23)22-12-17-19(21-9-8-20-17)15-7-10-25-13-15/h3-10,13H,2,11-12H2,1H3,(H,22,23). The summed E-state index contributed by atoms with van der Waals surface area (Å²) in [7, 11) is 0. The molecule has 1 aromatic carbocycles. The van der Waals surface area contributed by atoms with Crippen molar-refractivity contribution in [3.05, 3.63) is 64.7 Å². The van der Waals surface area contributed by atoms with Gasteiger partial charge < -0.3 is 10.1 Å². The number of amides is 1. The third-order valence-corrected chi connectivity index (χ3v) is 4.30. The highest BCUT2D eigenvalue weighted by molar-refractivity contribution is 7.08. The molecule has 0 bridgehead atoms. The molecule has 2 aromatic heterocycles. The van der Waals surface area contributed by atoms with Gasteiger partial charge in [-0.25, -0.2) is 0 Å². The summed E-state index contributed by atoms with van der Waals surface area (Å²) in [5.41, 5.74) is 3.54. The van der Waals surface area contributed by atoms with Crippen molar-refractivity contribution >= 4 is 17.2 Å². The molecule has 0 unspecified atom stereocenters. The summed E-state index contributed by atoms with van der Waals surface area (Å²) in [6.45, 7) is 2.93. The highest BCUT2D eigenvalue weighted by Crippen LogP contribution is 2.22. The Kier molecular flexibility index (Phi) is 5.74. The minimum absolute atomic E-state index is 0.0499. The van der Waals surface area contributed by atoms with Crippen molar-refractivity contribution in [3.8, 4) is 17.0 Å². The van der Waals surface area contributed by atoms with Crippen LogP contribution in [0.15, 0.2) is 53.5 Å². The number of thiophene rings is 1. The van der Waals surface area contributed by atoms with E-state index in [9.17, 15) is 4.79 Å². The highest BCUT2D eigenvalue weighted by Gasteiger charge is 2.10. The molecule has 0 radical (unpaired) electrons. The maximum atomic E-state index is 12.2. The van der Waals surface area contributed by atoms with E-state index in [2.05, 4.69) is 15.3 Å². The van der Waals surface area contributed by atoms with Crippen molar-refractivity contribution in [2.75, 3.05) is 6.61 Å². The fourth-order valence-corrected chi connectivity index (χ4v) is 3.08.